The first-order valence-electron chi connectivity index (χ1n) is 8.21. The zero-order valence-corrected chi connectivity index (χ0v) is 14.3. The summed E-state index contributed by atoms with van der Waals surface area (Å²) in [6.07, 6.45) is 1.66. The van der Waals surface area contributed by atoms with Gasteiger partial charge < -0.3 is 21.1 Å². The van der Waals surface area contributed by atoms with Gasteiger partial charge in [-0.2, -0.15) is 0 Å². The predicted octanol–water partition coefficient (Wildman–Crippen LogP) is 0.859. The van der Waals surface area contributed by atoms with E-state index in [9.17, 15) is 14.4 Å². The molecule has 1 fully saturated rings. The Labute approximate surface area is 151 Å². The largest absolute Gasteiger partial charge is 0.481 e. The van der Waals surface area contributed by atoms with Crippen LogP contribution in [0, 0.1) is 11.3 Å². The highest BCUT2D eigenvalue weighted by atomic mass is 16.4. The standard InChI is InChI=1S/C18H22N4O4/c1-2-13(10-16(24)25)21-15(23)9-12-7-8-22(18(12)26)14-5-3-11(4-6-14)17(19)20/h2-6,12-13H,1,7-10H2,(H3,19,20)(H,21,23)(H,24,25)/t12-,13?/m0/s1. The number of carbonyl (C=O) groups excluding carboxylic acids is 2. The number of hydrogen-bond acceptors (Lipinski definition) is 4. The maximum atomic E-state index is 12.6. The highest BCUT2D eigenvalue weighted by Crippen LogP contribution is 2.27. The molecular formula is C18H22N4O4. The number of nitrogens with one attached hydrogen (secondary N) is 2. The number of hydrogen-bond donors (Lipinski definition) is 4. The fourth-order valence-electron chi connectivity index (χ4n) is 2.88. The zero-order chi connectivity index (χ0) is 19.3. The Hall–Kier alpha value is -3.16. The van der Waals surface area contributed by atoms with E-state index in [0.29, 0.717) is 24.2 Å². The third-order valence-electron chi connectivity index (χ3n) is 4.26. The number of carbonyl (C=O) groups is 3. The Bertz CT molecular complexity index is 729. The topological polar surface area (TPSA) is 137 Å². The molecule has 1 aliphatic rings. The summed E-state index contributed by atoms with van der Waals surface area (Å²) in [6, 6.07) is 6.12. The molecule has 0 radical (unpaired) electrons. The lowest BCUT2D eigenvalue weighted by Crippen LogP contribution is -2.37. The molecule has 0 saturated carbocycles. The van der Waals surface area contributed by atoms with Gasteiger partial charge in [0.2, 0.25) is 11.8 Å². The fraction of sp³-hybridized carbons (Fsp3) is 0.333. The summed E-state index contributed by atoms with van der Waals surface area (Å²) >= 11 is 0. The SMILES string of the molecule is C=CC(CC(=O)O)NC(=O)C[C@@H]1CCN(c2ccc(C(=N)N)cc2)C1=O. The van der Waals surface area contributed by atoms with Gasteiger partial charge in [0.25, 0.3) is 0 Å². The summed E-state index contributed by atoms with van der Waals surface area (Å²) in [7, 11) is 0. The third-order valence-corrected chi connectivity index (χ3v) is 4.26. The number of benzene rings is 1. The minimum Gasteiger partial charge on any atom is -0.481 e. The molecule has 0 aromatic heterocycles. The van der Waals surface area contributed by atoms with Crippen molar-refractivity contribution in [3.63, 3.8) is 0 Å². The summed E-state index contributed by atoms with van der Waals surface area (Å²) in [6.45, 7) is 4.00. The third kappa shape index (κ3) is 4.69. The van der Waals surface area contributed by atoms with Crippen molar-refractivity contribution in [2.45, 2.75) is 25.3 Å². The summed E-state index contributed by atoms with van der Waals surface area (Å²) in [4.78, 5) is 37.0. The molecule has 8 nitrogen and oxygen atoms in total. The molecular weight excluding hydrogens is 336 g/mol. The van der Waals surface area contributed by atoms with Gasteiger partial charge in [0.15, 0.2) is 0 Å². The van der Waals surface area contributed by atoms with E-state index in [1.807, 2.05) is 0 Å². The second-order valence-corrected chi connectivity index (χ2v) is 6.15. The quantitative estimate of drug-likeness (QED) is 0.310. The van der Waals surface area contributed by atoms with Gasteiger partial charge in [0.1, 0.15) is 5.84 Å². The highest BCUT2D eigenvalue weighted by molar-refractivity contribution is 6.00. The van der Waals surface area contributed by atoms with E-state index in [2.05, 4.69) is 11.9 Å². The number of aliphatic carboxylic acids is 1. The van der Waals surface area contributed by atoms with Crippen molar-refractivity contribution in [3.05, 3.63) is 42.5 Å². The van der Waals surface area contributed by atoms with E-state index in [4.69, 9.17) is 16.2 Å². The van der Waals surface area contributed by atoms with Crippen molar-refractivity contribution in [3.8, 4) is 0 Å². The fourth-order valence-corrected chi connectivity index (χ4v) is 2.88. The van der Waals surface area contributed by atoms with Crippen molar-refractivity contribution >= 4 is 29.3 Å². The summed E-state index contributed by atoms with van der Waals surface area (Å²) in [5.41, 5.74) is 6.68. The van der Waals surface area contributed by atoms with Crippen LogP contribution in [0.25, 0.3) is 0 Å². The minimum atomic E-state index is -1.03. The molecule has 2 amide bonds. The zero-order valence-electron chi connectivity index (χ0n) is 14.3. The Kier molecular flexibility index (Phi) is 6.11. The van der Waals surface area contributed by atoms with Gasteiger partial charge in [0.05, 0.1) is 12.5 Å². The van der Waals surface area contributed by atoms with Crippen LogP contribution in [-0.2, 0) is 14.4 Å². The Morgan fingerprint density at radius 3 is 2.62 bits per heavy atom. The van der Waals surface area contributed by atoms with E-state index in [0.717, 1.165) is 0 Å². The second kappa shape index (κ2) is 8.28. The molecule has 5 N–H and O–H groups in total. The minimum absolute atomic E-state index is 0.00478. The van der Waals surface area contributed by atoms with Crippen molar-refractivity contribution in [1.29, 1.82) is 5.41 Å². The molecule has 0 bridgehead atoms. The maximum absolute atomic E-state index is 12.6. The number of carboxylic acids is 1. The average molecular weight is 358 g/mol. The molecule has 2 atom stereocenters. The predicted molar refractivity (Wildman–Crippen MR) is 96.9 cm³/mol. The smallest absolute Gasteiger partial charge is 0.305 e. The number of nitrogens with zero attached hydrogens (tertiary/aromatic N) is 1. The number of anilines is 1. The summed E-state index contributed by atoms with van der Waals surface area (Å²) in [5, 5.41) is 18.7. The van der Waals surface area contributed by atoms with Crippen molar-refractivity contribution in [2.75, 3.05) is 11.4 Å². The van der Waals surface area contributed by atoms with Gasteiger partial charge in [0, 0.05) is 30.1 Å². The molecule has 1 saturated heterocycles. The van der Waals surface area contributed by atoms with E-state index in [-0.39, 0.29) is 30.5 Å². The van der Waals surface area contributed by atoms with Crippen molar-refractivity contribution in [2.24, 2.45) is 11.7 Å². The van der Waals surface area contributed by atoms with Crippen LogP contribution in [0.5, 0.6) is 0 Å². The number of amides is 2. The van der Waals surface area contributed by atoms with Gasteiger partial charge in [-0.1, -0.05) is 6.08 Å². The van der Waals surface area contributed by atoms with E-state index in [1.54, 1.807) is 29.2 Å². The summed E-state index contributed by atoms with van der Waals surface area (Å²) in [5.74, 6) is -2.05. The summed E-state index contributed by atoms with van der Waals surface area (Å²) < 4.78 is 0. The van der Waals surface area contributed by atoms with Crippen LogP contribution in [0.15, 0.2) is 36.9 Å². The monoisotopic (exact) mass is 358 g/mol. The lowest BCUT2D eigenvalue weighted by molar-refractivity contribution is -0.137. The molecule has 0 spiro atoms. The first kappa shape index (κ1) is 19.2. The molecule has 26 heavy (non-hydrogen) atoms. The van der Waals surface area contributed by atoms with Crippen LogP contribution in [0.2, 0.25) is 0 Å². The normalized spacial score (nSPS) is 17.6. The van der Waals surface area contributed by atoms with Crippen LogP contribution in [0.4, 0.5) is 5.69 Å². The Balaban J connectivity index is 1.95. The molecule has 8 heteroatoms. The Morgan fingerprint density at radius 2 is 2.08 bits per heavy atom. The van der Waals surface area contributed by atoms with Crippen LogP contribution in [0.3, 0.4) is 0 Å². The Morgan fingerprint density at radius 1 is 1.42 bits per heavy atom. The molecule has 1 aromatic rings. The number of nitrogen functional groups attached to an aromatic ring is 1. The average Bonchev–Trinajstić information content (AvgIpc) is 2.94. The molecule has 1 heterocycles. The number of nitrogens with two attached hydrogens (primary N) is 1. The maximum Gasteiger partial charge on any atom is 0.305 e. The van der Waals surface area contributed by atoms with Gasteiger partial charge >= 0.3 is 5.97 Å². The number of rotatable bonds is 8. The van der Waals surface area contributed by atoms with Crippen LogP contribution in [-0.4, -0.2) is 41.3 Å². The molecule has 138 valence electrons. The lowest BCUT2D eigenvalue weighted by Gasteiger charge is -2.18. The number of amidine groups is 1. The molecule has 1 aliphatic heterocycles. The van der Waals surface area contributed by atoms with Crippen molar-refractivity contribution in [1.82, 2.24) is 5.32 Å². The highest BCUT2D eigenvalue weighted by Gasteiger charge is 2.34. The number of carboxylic acid groups (broad SMARTS) is 1. The molecule has 2 rings (SSSR count). The molecule has 1 aromatic carbocycles. The van der Waals surface area contributed by atoms with Gasteiger partial charge in [-0.25, -0.2) is 0 Å². The van der Waals surface area contributed by atoms with E-state index < -0.39 is 17.9 Å². The van der Waals surface area contributed by atoms with Crippen LogP contribution < -0.4 is 16.0 Å². The van der Waals surface area contributed by atoms with Gasteiger partial charge in [-0.05, 0) is 30.7 Å². The lowest BCUT2D eigenvalue weighted by atomic mass is 10.0. The van der Waals surface area contributed by atoms with E-state index in [1.165, 1.54) is 6.08 Å². The first-order valence-corrected chi connectivity index (χ1v) is 8.21. The first-order chi connectivity index (χ1) is 12.3. The van der Waals surface area contributed by atoms with Gasteiger partial charge in [-0.3, -0.25) is 19.8 Å². The van der Waals surface area contributed by atoms with E-state index >= 15 is 0 Å². The second-order valence-electron chi connectivity index (χ2n) is 6.15. The molecule has 1 unspecified atom stereocenters. The molecule has 0 aliphatic carbocycles. The van der Waals surface area contributed by atoms with Crippen LogP contribution >= 0.6 is 0 Å². The van der Waals surface area contributed by atoms with Crippen molar-refractivity contribution < 1.29 is 19.5 Å². The van der Waals surface area contributed by atoms with Gasteiger partial charge in [-0.15, -0.1) is 6.58 Å². The van der Waals surface area contributed by atoms with Crippen LogP contribution in [0.1, 0.15) is 24.8 Å².